The first kappa shape index (κ1) is 14.5. The highest BCUT2D eigenvalue weighted by atomic mass is 16.5. The standard InChI is InChI=1S/C12H20N2O4/c1-6-7-8(9(15)18-5)14-10(16)12(2,3)13(4)11(14)17/h8H,6-7H2,1-5H3. The van der Waals surface area contributed by atoms with Crippen molar-refractivity contribution >= 4 is 17.9 Å². The van der Waals surface area contributed by atoms with Gasteiger partial charge in [-0.3, -0.25) is 4.79 Å². The molecule has 0 aromatic rings. The fraction of sp³-hybridized carbons (Fsp3) is 0.750. The summed E-state index contributed by atoms with van der Waals surface area (Å²) in [7, 11) is 2.81. The summed E-state index contributed by atoms with van der Waals surface area (Å²) >= 11 is 0. The highest BCUT2D eigenvalue weighted by Gasteiger charge is 2.53. The molecule has 0 aromatic heterocycles. The third-order valence-electron chi connectivity index (χ3n) is 3.42. The Labute approximate surface area is 107 Å². The minimum Gasteiger partial charge on any atom is -0.467 e. The normalized spacial score (nSPS) is 20.3. The van der Waals surface area contributed by atoms with Crippen LogP contribution in [0.15, 0.2) is 0 Å². The summed E-state index contributed by atoms with van der Waals surface area (Å²) in [5.74, 6) is -0.913. The van der Waals surface area contributed by atoms with Gasteiger partial charge in [0.2, 0.25) is 0 Å². The van der Waals surface area contributed by atoms with Crippen molar-refractivity contribution in [2.75, 3.05) is 14.2 Å². The Hall–Kier alpha value is -1.59. The van der Waals surface area contributed by atoms with Gasteiger partial charge in [-0.15, -0.1) is 0 Å². The zero-order chi connectivity index (χ0) is 14.1. The Morgan fingerprint density at radius 2 is 1.94 bits per heavy atom. The molecule has 1 atom stereocenters. The first-order chi connectivity index (χ1) is 8.28. The Bertz CT molecular complexity index is 378. The first-order valence-electron chi connectivity index (χ1n) is 5.98. The van der Waals surface area contributed by atoms with E-state index in [9.17, 15) is 14.4 Å². The zero-order valence-electron chi connectivity index (χ0n) is 11.5. The highest BCUT2D eigenvalue weighted by molar-refractivity contribution is 6.08. The summed E-state index contributed by atoms with van der Waals surface area (Å²) in [6.45, 7) is 5.21. The SMILES string of the molecule is CCCC(C(=O)OC)N1C(=O)N(C)C(C)(C)C1=O. The van der Waals surface area contributed by atoms with E-state index in [1.54, 1.807) is 20.9 Å². The van der Waals surface area contributed by atoms with E-state index in [1.165, 1.54) is 12.0 Å². The summed E-state index contributed by atoms with van der Waals surface area (Å²) in [6, 6.07) is -1.28. The molecule has 3 amide bonds. The Morgan fingerprint density at radius 3 is 2.28 bits per heavy atom. The molecule has 6 heteroatoms. The Balaban J connectivity index is 3.10. The molecule has 1 saturated heterocycles. The Morgan fingerprint density at radius 1 is 1.39 bits per heavy atom. The topological polar surface area (TPSA) is 66.9 Å². The second-order valence-corrected chi connectivity index (χ2v) is 4.90. The first-order valence-corrected chi connectivity index (χ1v) is 5.98. The lowest BCUT2D eigenvalue weighted by Gasteiger charge is -2.23. The van der Waals surface area contributed by atoms with E-state index >= 15 is 0 Å². The van der Waals surface area contributed by atoms with Crippen molar-refractivity contribution in [1.82, 2.24) is 9.80 Å². The van der Waals surface area contributed by atoms with Crippen LogP contribution in [0.5, 0.6) is 0 Å². The number of hydrogen-bond donors (Lipinski definition) is 0. The number of carbonyl (C=O) groups is 3. The molecule has 18 heavy (non-hydrogen) atoms. The van der Waals surface area contributed by atoms with Gasteiger partial charge in [-0.25, -0.2) is 14.5 Å². The van der Waals surface area contributed by atoms with Crippen LogP contribution >= 0.6 is 0 Å². The molecule has 1 rings (SSSR count). The van der Waals surface area contributed by atoms with Crippen molar-refractivity contribution in [2.45, 2.75) is 45.2 Å². The molecule has 1 heterocycles. The molecule has 1 unspecified atom stereocenters. The summed E-state index contributed by atoms with van der Waals surface area (Å²) in [5.41, 5.74) is -0.920. The number of imide groups is 1. The van der Waals surface area contributed by atoms with Gasteiger partial charge in [0.05, 0.1) is 7.11 Å². The predicted octanol–water partition coefficient (Wildman–Crippen LogP) is 1.00. The number of ether oxygens (including phenoxy) is 1. The summed E-state index contributed by atoms with van der Waals surface area (Å²) in [5, 5.41) is 0. The number of esters is 1. The fourth-order valence-corrected chi connectivity index (χ4v) is 1.96. The van der Waals surface area contributed by atoms with Crippen LogP contribution in [0.3, 0.4) is 0 Å². The monoisotopic (exact) mass is 256 g/mol. The van der Waals surface area contributed by atoms with Crippen molar-refractivity contribution in [3.05, 3.63) is 0 Å². The molecule has 0 spiro atoms. The van der Waals surface area contributed by atoms with Crippen LogP contribution in [0, 0.1) is 0 Å². The van der Waals surface area contributed by atoms with Crippen LogP contribution in [-0.2, 0) is 14.3 Å². The predicted molar refractivity (Wildman–Crippen MR) is 64.8 cm³/mol. The van der Waals surface area contributed by atoms with Crippen molar-refractivity contribution in [3.63, 3.8) is 0 Å². The minimum atomic E-state index is -0.920. The summed E-state index contributed by atoms with van der Waals surface area (Å²) in [4.78, 5) is 38.4. The molecular formula is C12H20N2O4. The maximum absolute atomic E-state index is 12.2. The van der Waals surface area contributed by atoms with Gasteiger partial charge in [0.15, 0.2) is 0 Å². The third-order valence-corrected chi connectivity index (χ3v) is 3.42. The number of urea groups is 1. The van der Waals surface area contributed by atoms with Crippen LogP contribution < -0.4 is 0 Å². The zero-order valence-corrected chi connectivity index (χ0v) is 11.5. The van der Waals surface area contributed by atoms with E-state index < -0.39 is 23.6 Å². The molecule has 0 radical (unpaired) electrons. The molecule has 0 N–H and O–H groups in total. The molecule has 102 valence electrons. The molecule has 0 bridgehead atoms. The molecule has 1 fully saturated rings. The van der Waals surface area contributed by atoms with Crippen LogP contribution in [0.2, 0.25) is 0 Å². The van der Waals surface area contributed by atoms with Crippen molar-refractivity contribution in [3.8, 4) is 0 Å². The molecule has 1 aliphatic rings. The fourth-order valence-electron chi connectivity index (χ4n) is 1.96. The van der Waals surface area contributed by atoms with Gasteiger partial charge < -0.3 is 9.64 Å². The highest BCUT2D eigenvalue weighted by Crippen LogP contribution is 2.29. The number of rotatable bonds is 4. The third kappa shape index (κ3) is 2.07. The molecule has 6 nitrogen and oxygen atoms in total. The second kappa shape index (κ2) is 4.96. The number of methoxy groups -OCH3 is 1. The van der Waals surface area contributed by atoms with E-state index in [1.807, 2.05) is 6.92 Å². The van der Waals surface area contributed by atoms with E-state index in [-0.39, 0.29) is 5.91 Å². The molecule has 0 aliphatic carbocycles. The Kier molecular flexibility index (Phi) is 3.98. The van der Waals surface area contributed by atoms with Crippen LogP contribution in [-0.4, -0.2) is 53.4 Å². The van der Waals surface area contributed by atoms with E-state index in [0.717, 1.165) is 4.90 Å². The van der Waals surface area contributed by atoms with Crippen LogP contribution in [0.4, 0.5) is 4.79 Å². The van der Waals surface area contributed by atoms with Gasteiger partial charge in [0.1, 0.15) is 11.6 Å². The smallest absolute Gasteiger partial charge is 0.329 e. The summed E-state index contributed by atoms with van der Waals surface area (Å²) in [6.07, 6.45) is 1.09. The maximum Gasteiger partial charge on any atom is 0.329 e. The van der Waals surface area contributed by atoms with Gasteiger partial charge in [0.25, 0.3) is 5.91 Å². The van der Waals surface area contributed by atoms with E-state index in [0.29, 0.717) is 12.8 Å². The number of carbonyl (C=O) groups excluding carboxylic acids is 3. The van der Waals surface area contributed by atoms with Crippen LogP contribution in [0.25, 0.3) is 0 Å². The quantitative estimate of drug-likeness (QED) is 0.556. The minimum absolute atomic E-state index is 0.362. The average molecular weight is 256 g/mol. The molecule has 1 aliphatic heterocycles. The molecular weight excluding hydrogens is 236 g/mol. The van der Waals surface area contributed by atoms with Crippen molar-refractivity contribution in [1.29, 1.82) is 0 Å². The largest absolute Gasteiger partial charge is 0.467 e. The van der Waals surface area contributed by atoms with E-state index in [2.05, 4.69) is 4.74 Å². The van der Waals surface area contributed by atoms with Gasteiger partial charge in [-0.1, -0.05) is 13.3 Å². The number of likely N-dealkylation sites (N-methyl/N-ethyl adjacent to an activating group) is 1. The number of hydrogen-bond acceptors (Lipinski definition) is 4. The van der Waals surface area contributed by atoms with Crippen LogP contribution in [0.1, 0.15) is 33.6 Å². The maximum atomic E-state index is 12.2. The second-order valence-electron chi connectivity index (χ2n) is 4.90. The van der Waals surface area contributed by atoms with Crippen molar-refractivity contribution < 1.29 is 19.1 Å². The van der Waals surface area contributed by atoms with Crippen molar-refractivity contribution in [2.24, 2.45) is 0 Å². The lowest BCUT2D eigenvalue weighted by molar-refractivity contribution is -0.150. The summed E-state index contributed by atoms with van der Waals surface area (Å²) < 4.78 is 4.67. The number of nitrogens with zero attached hydrogens (tertiary/aromatic N) is 2. The van der Waals surface area contributed by atoms with Gasteiger partial charge in [-0.05, 0) is 20.3 Å². The van der Waals surface area contributed by atoms with Gasteiger partial charge >= 0.3 is 12.0 Å². The molecule has 0 saturated carbocycles. The number of amides is 3. The van der Waals surface area contributed by atoms with Gasteiger partial charge in [-0.2, -0.15) is 0 Å². The lowest BCUT2D eigenvalue weighted by Crippen LogP contribution is -2.47. The average Bonchev–Trinajstić information content (AvgIpc) is 2.48. The molecule has 0 aromatic carbocycles. The van der Waals surface area contributed by atoms with Gasteiger partial charge in [0, 0.05) is 7.05 Å². The van der Waals surface area contributed by atoms with E-state index in [4.69, 9.17) is 0 Å². The lowest BCUT2D eigenvalue weighted by atomic mass is 10.0.